The molecule has 2 aromatic rings. The van der Waals surface area contributed by atoms with Crippen LogP contribution in [0.1, 0.15) is 23.0 Å². The third-order valence-corrected chi connectivity index (χ3v) is 2.35. The summed E-state index contributed by atoms with van der Waals surface area (Å²) >= 11 is 0. The van der Waals surface area contributed by atoms with Crippen LogP contribution in [0.4, 0.5) is 0 Å². The highest BCUT2D eigenvalue weighted by Crippen LogP contribution is 2.03. The van der Waals surface area contributed by atoms with Crippen LogP contribution in [-0.4, -0.2) is 19.7 Å². The first kappa shape index (κ1) is 10.8. The molecule has 0 bridgehead atoms. The third kappa shape index (κ3) is 2.25. The fourth-order valence-corrected chi connectivity index (χ4v) is 1.60. The van der Waals surface area contributed by atoms with E-state index >= 15 is 0 Å². The molecule has 0 spiro atoms. The quantitative estimate of drug-likeness (QED) is 0.825. The van der Waals surface area contributed by atoms with Gasteiger partial charge < -0.3 is 5.73 Å². The van der Waals surface area contributed by atoms with Crippen molar-refractivity contribution in [1.29, 1.82) is 0 Å². The van der Waals surface area contributed by atoms with E-state index in [-0.39, 0.29) is 0 Å². The van der Waals surface area contributed by atoms with Gasteiger partial charge in [0.2, 0.25) is 0 Å². The van der Waals surface area contributed by atoms with Gasteiger partial charge in [0.15, 0.2) is 0 Å². The lowest BCUT2D eigenvalue weighted by atomic mass is 10.3. The second-order valence-electron chi connectivity index (χ2n) is 3.69. The van der Waals surface area contributed by atoms with Crippen LogP contribution >= 0.6 is 0 Å². The number of hydrogen-bond acceptors (Lipinski definition) is 4. The molecular formula is C11H15N5. The number of pyridine rings is 1. The lowest BCUT2D eigenvalue weighted by molar-refractivity contribution is 0.641. The maximum atomic E-state index is 5.55. The predicted octanol–water partition coefficient (Wildman–Crippen LogP) is 0.797. The largest absolute Gasteiger partial charge is 0.325 e. The third-order valence-electron chi connectivity index (χ3n) is 2.35. The fraction of sp³-hybridized carbons (Fsp3) is 0.364. The molecule has 0 fully saturated rings. The normalized spacial score (nSPS) is 10.7. The summed E-state index contributed by atoms with van der Waals surface area (Å²) in [6.45, 7) is 4.92. The predicted molar refractivity (Wildman–Crippen MR) is 60.7 cm³/mol. The van der Waals surface area contributed by atoms with Crippen LogP contribution in [0.3, 0.4) is 0 Å². The molecule has 2 heterocycles. The number of nitrogens with zero attached hydrogens (tertiary/aromatic N) is 4. The monoisotopic (exact) mass is 217 g/mol. The summed E-state index contributed by atoms with van der Waals surface area (Å²) in [6.07, 6.45) is 0. The van der Waals surface area contributed by atoms with Gasteiger partial charge in [-0.2, -0.15) is 5.10 Å². The zero-order chi connectivity index (χ0) is 11.5. The Hall–Kier alpha value is -1.75. The first-order valence-corrected chi connectivity index (χ1v) is 5.22. The summed E-state index contributed by atoms with van der Waals surface area (Å²) in [5, 5.41) is 4.30. The molecule has 0 unspecified atom stereocenters. The molecule has 0 aromatic carbocycles. The van der Waals surface area contributed by atoms with Gasteiger partial charge in [-0.3, -0.25) is 4.98 Å². The summed E-state index contributed by atoms with van der Waals surface area (Å²) in [6, 6.07) is 5.85. The van der Waals surface area contributed by atoms with Gasteiger partial charge >= 0.3 is 0 Å². The lowest BCUT2D eigenvalue weighted by Crippen LogP contribution is -2.08. The van der Waals surface area contributed by atoms with Crippen LogP contribution in [0, 0.1) is 13.8 Å². The van der Waals surface area contributed by atoms with Crippen molar-refractivity contribution in [3.8, 4) is 0 Å². The second-order valence-corrected chi connectivity index (χ2v) is 3.69. The van der Waals surface area contributed by atoms with E-state index in [2.05, 4.69) is 15.1 Å². The van der Waals surface area contributed by atoms with Crippen molar-refractivity contribution in [2.75, 3.05) is 0 Å². The molecule has 0 amide bonds. The van der Waals surface area contributed by atoms with E-state index in [9.17, 15) is 0 Å². The summed E-state index contributed by atoms with van der Waals surface area (Å²) in [4.78, 5) is 8.67. The Bertz CT molecular complexity index is 489. The van der Waals surface area contributed by atoms with Crippen molar-refractivity contribution in [2.24, 2.45) is 5.73 Å². The van der Waals surface area contributed by atoms with Gasteiger partial charge in [0.25, 0.3) is 0 Å². The molecule has 0 aliphatic carbocycles. The molecule has 2 N–H and O–H groups in total. The zero-order valence-electron chi connectivity index (χ0n) is 9.51. The lowest BCUT2D eigenvalue weighted by Gasteiger charge is -2.04. The van der Waals surface area contributed by atoms with E-state index in [1.165, 1.54) is 0 Å². The molecule has 5 nitrogen and oxygen atoms in total. The Kier molecular flexibility index (Phi) is 2.96. The Morgan fingerprint density at radius 2 is 1.94 bits per heavy atom. The molecule has 0 aliphatic rings. The topological polar surface area (TPSA) is 69.6 Å². The summed E-state index contributed by atoms with van der Waals surface area (Å²) < 4.78 is 1.85. The van der Waals surface area contributed by atoms with Crippen LogP contribution in [0.25, 0.3) is 0 Å². The Morgan fingerprint density at radius 3 is 2.56 bits per heavy atom. The van der Waals surface area contributed by atoms with Crippen molar-refractivity contribution >= 4 is 0 Å². The molecular weight excluding hydrogens is 202 g/mol. The molecule has 2 rings (SSSR count). The number of aromatic nitrogens is 4. The minimum Gasteiger partial charge on any atom is -0.325 e. The Morgan fingerprint density at radius 1 is 1.19 bits per heavy atom. The first-order chi connectivity index (χ1) is 7.69. The van der Waals surface area contributed by atoms with E-state index in [1.54, 1.807) is 0 Å². The van der Waals surface area contributed by atoms with Crippen molar-refractivity contribution in [3.05, 3.63) is 41.2 Å². The number of hydrogen-bond donors (Lipinski definition) is 1. The average Bonchev–Trinajstić information content (AvgIpc) is 2.58. The van der Waals surface area contributed by atoms with Gasteiger partial charge in [0.05, 0.1) is 17.9 Å². The summed E-state index contributed by atoms with van der Waals surface area (Å²) in [5.41, 5.74) is 7.40. The molecule has 0 saturated heterocycles. The molecule has 0 radical (unpaired) electrons. The van der Waals surface area contributed by atoms with E-state index < -0.39 is 0 Å². The first-order valence-electron chi connectivity index (χ1n) is 5.22. The van der Waals surface area contributed by atoms with Crippen molar-refractivity contribution in [3.63, 3.8) is 0 Å². The van der Waals surface area contributed by atoms with Crippen LogP contribution in [0.15, 0.2) is 18.2 Å². The minimum absolute atomic E-state index is 0.462. The van der Waals surface area contributed by atoms with Gasteiger partial charge in [0, 0.05) is 6.54 Å². The van der Waals surface area contributed by atoms with Gasteiger partial charge in [-0.15, -0.1) is 0 Å². The summed E-state index contributed by atoms with van der Waals surface area (Å²) in [7, 11) is 0. The molecule has 5 heteroatoms. The fourth-order valence-electron chi connectivity index (χ4n) is 1.60. The number of aryl methyl sites for hydroxylation is 2. The highest BCUT2D eigenvalue weighted by atomic mass is 15.3. The number of rotatable bonds is 3. The zero-order valence-corrected chi connectivity index (χ0v) is 9.51. The highest BCUT2D eigenvalue weighted by molar-refractivity contribution is 5.11. The van der Waals surface area contributed by atoms with Gasteiger partial charge in [0.1, 0.15) is 11.6 Å². The Labute approximate surface area is 94.3 Å². The molecule has 0 saturated carbocycles. The second kappa shape index (κ2) is 4.40. The van der Waals surface area contributed by atoms with E-state index in [4.69, 9.17) is 5.73 Å². The van der Waals surface area contributed by atoms with Crippen LogP contribution in [0.2, 0.25) is 0 Å². The molecule has 84 valence electrons. The van der Waals surface area contributed by atoms with E-state index in [1.807, 2.05) is 36.7 Å². The Balaban J connectivity index is 2.23. The van der Waals surface area contributed by atoms with Crippen LogP contribution in [0.5, 0.6) is 0 Å². The van der Waals surface area contributed by atoms with Crippen molar-refractivity contribution in [2.45, 2.75) is 26.9 Å². The highest BCUT2D eigenvalue weighted by Gasteiger charge is 2.04. The SMILES string of the molecule is Cc1nc(C)n(Cc2cccc(CN)n2)n1. The van der Waals surface area contributed by atoms with Crippen LogP contribution in [-0.2, 0) is 13.1 Å². The average molecular weight is 217 g/mol. The number of nitrogens with two attached hydrogens (primary N) is 1. The smallest absolute Gasteiger partial charge is 0.147 e. The molecule has 2 aromatic heterocycles. The molecule has 0 atom stereocenters. The van der Waals surface area contributed by atoms with E-state index in [0.717, 1.165) is 23.0 Å². The maximum Gasteiger partial charge on any atom is 0.147 e. The van der Waals surface area contributed by atoms with Crippen molar-refractivity contribution < 1.29 is 0 Å². The maximum absolute atomic E-state index is 5.55. The summed E-state index contributed by atoms with van der Waals surface area (Å²) in [5.74, 6) is 1.69. The molecule has 0 aliphatic heterocycles. The van der Waals surface area contributed by atoms with Crippen molar-refractivity contribution in [1.82, 2.24) is 19.7 Å². The van der Waals surface area contributed by atoms with Gasteiger partial charge in [-0.25, -0.2) is 9.67 Å². The van der Waals surface area contributed by atoms with E-state index in [0.29, 0.717) is 13.1 Å². The van der Waals surface area contributed by atoms with Gasteiger partial charge in [-0.05, 0) is 26.0 Å². The van der Waals surface area contributed by atoms with Crippen LogP contribution < -0.4 is 5.73 Å². The molecule has 16 heavy (non-hydrogen) atoms. The van der Waals surface area contributed by atoms with Gasteiger partial charge in [-0.1, -0.05) is 6.07 Å². The standard InChI is InChI=1S/C11H15N5/c1-8-13-9(2)16(15-8)7-11-5-3-4-10(6-12)14-11/h3-5H,6-7,12H2,1-2H3. The minimum atomic E-state index is 0.462.